The first-order valence-corrected chi connectivity index (χ1v) is 8.66. The molecule has 0 atom stereocenters. The largest absolute Gasteiger partial charge is 0.351 e. The predicted octanol–water partition coefficient (Wildman–Crippen LogP) is 1.13. The van der Waals surface area contributed by atoms with Gasteiger partial charge in [-0.15, -0.1) is 22.7 Å². The summed E-state index contributed by atoms with van der Waals surface area (Å²) < 4.78 is 0. The molecule has 124 valence electrons. The standard InChI is InChI=1S/C13H17N5O3S2/c14-7-8-10(17-13(23-8)12-16-5-6-22-12)11(20)15-4-2-1-3-9(19)18-21/h5-6,21H,1-4,7,14H2,(H,15,20)(H,18,19). The van der Waals surface area contributed by atoms with E-state index in [9.17, 15) is 9.59 Å². The van der Waals surface area contributed by atoms with E-state index in [0.717, 1.165) is 5.01 Å². The average Bonchev–Trinajstić information content (AvgIpc) is 3.22. The van der Waals surface area contributed by atoms with Crippen molar-refractivity contribution >= 4 is 34.5 Å². The van der Waals surface area contributed by atoms with Crippen molar-refractivity contribution in [2.75, 3.05) is 6.54 Å². The molecule has 2 aromatic heterocycles. The van der Waals surface area contributed by atoms with Crippen LogP contribution in [0, 0.1) is 0 Å². The Kier molecular flexibility index (Phi) is 6.59. The molecule has 0 aromatic carbocycles. The van der Waals surface area contributed by atoms with E-state index in [-0.39, 0.29) is 18.9 Å². The van der Waals surface area contributed by atoms with Crippen molar-refractivity contribution in [1.29, 1.82) is 0 Å². The van der Waals surface area contributed by atoms with Gasteiger partial charge in [0.1, 0.15) is 5.69 Å². The van der Waals surface area contributed by atoms with Gasteiger partial charge in [-0.05, 0) is 12.8 Å². The third kappa shape index (κ3) is 4.79. The Morgan fingerprint density at radius 1 is 1.30 bits per heavy atom. The van der Waals surface area contributed by atoms with E-state index in [4.69, 9.17) is 10.9 Å². The van der Waals surface area contributed by atoms with Crippen molar-refractivity contribution in [2.24, 2.45) is 5.73 Å². The van der Waals surface area contributed by atoms with Gasteiger partial charge in [0, 0.05) is 31.1 Å². The van der Waals surface area contributed by atoms with Crippen LogP contribution in [0.25, 0.3) is 10.0 Å². The fourth-order valence-corrected chi connectivity index (χ4v) is 3.46. The van der Waals surface area contributed by atoms with Gasteiger partial charge < -0.3 is 11.1 Å². The molecule has 0 unspecified atom stereocenters. The Hall–Kier alpha value is -1.88. The number of nitrogens with one attached hydrogen (secondary N) is 2. The van der Waals surface area contributed by atoms with E-state index < -0.39 is 5.91 Å². The van der Waals surface area contributed by atoms with E-state index in [1.54, 1.807) is 11.7 Å². The Morgan fingerprint density at radius 2 is 2.13 bits per heavy atom. The van der Waals surface area contributed by atoms with E-state index in [2.05, 4.69) is 15.3 Å². The van der Waals surface area contributed by atoms with Crippen LogP contribution in [-0.4, -0.2) is 33.5 Å². The van der Waals surface area contributed by atoms with E-state index in [1.165, 1.54) is 22.7 Å². The maximum Gasteiger partial charge on any atom is 0.271 e. The van der Waals surface area contributed by atoms with Crippen LogP contribution in [-0.2, 0) is 11.3 Å². The molecule has 2 aromatic rings. The number of carbonyl (C=O) groups excluding carboxylic acids is 2. The number of hydrogen-bond donors (Lipinski definition) is 4. The molecule has 8 nitrogen and oxygen atoms in total. The normalized spacial score (nSPS) is 10.5. The van der Waals surface area contributed by atoms with Gasteiger partial charge in [0.05, 0.1) is 4.88 Å². The molecule has 0 saturated carbocycles. The number of hydrogen-bond acceptors (Lipinski definition) is 8. The molecule has 2 amide bonds. The molecule has 0 bridgehead atoms. The Morgan fingerprint density at radius 3 is 2.78 bits per heavy atom. The number of carbonyl (C=O) groups is 2. The highest BCUT2D eigenvalue weighted by Gasteiger charge is 2.18. The molecule has 10 heteroatoms. The second-order valence-electron chi connectivity index (χ2n) is 4.58. The number of aromatic nitrogens is 2. The number of hydroxylamine groups is 1. The van der Waals surface area contributed by atoms with Crippen molar-refractivity contribution in [3.8, 4) is 10.0 Å². The molecule has 0 saturated heterocycles. The van der Waals surface area contributed by atoms with Crippen LogP contribution >= 0.6 is 22.7 Å². The second kappa shape index (κ2) is 8.67. The van der Waals surface area contributed by atoms with Gasteiger partial charge in [0.15, 0.2) is 10.0 Å². The zero-order valence-corrected chi connectivity index (χ0v) is 13.9. The Balaban J connectivity index is 1.90. The van der Waals surface area contributed by atoms with Gasteiger partial charge in [-0.2, -0.15) is 0 Å². The van der Waals surface area contributed by atoms with Crippen LogP contribution in [0.15, 0.2) is 11.6 Å². The molecule has 2 heterocycles. The lowest BCUT2D eigenvalue weighted by atomic mass is 10.2. The number of thiazole rings is 2. The van der Waals surface area contributed by atoms with Crippen LogP contribution in [0.2, 0.25) is 0 Å². The van der Waals surface area contributed by atoms with Gasteiger partial charge in [-0.25, -0.2) is 15.4 Å². The first kappa shape index (κ1) is 17.5. The monoisotopic (exact) mass is 355 g/mol. The number of nitrogens with two attached hydrogens (primary N) is 1. The minimum Gasteiger partial charge on any atom is -0.351 e. The fourth-order valence-electron chi connectivity index (χ4n) is 1.84. The molecule has 0 spiro atoms. The zero-order valence-electron chi connectivity index (χ0n) is 12.2. The van der Waals surface area contributed by atoms with E-state index in [0.29, 0.717) is 35.0 Å². The molecule has 0 radical (unpaired) electrons. The highest BCUT2D eigenvalue weighted by molar-refractivity contribution is 7.20. The minimum absolute atomic E-state index is 0.214. The van der Waals surface area contributed by atoms with Crippen LogP contribution in [0.3, 0.4) is 0 Å². The molecule has 5 N–H and O–H groups in total. The summed E-state index contributed by atoms with van der Waals surface area (Å²) in [6.45, 7) is 0.661. The third-order valence-corrected chi connectivity index (χ3v) is 4.95. The zero-order chi connectivity index (χ0) is 16.7. The van der Waals surface area contributed by atoms with Crippen molar-refractivity contribution in [2.45, 2.75) is 25.8 Å². The third-order valence-electron chi connectivity index (χ3n) is 2.95. The van der Waals surface area contributed by atoms with Crippen molar-refractivity contribution in [3.05, 3.63) is 22.1 Å². The first-order valence-electron chi connectivity index (χ1n) is 6.96. The molecule has 0 aliphatic rings. The smallest absolute Gasteiger partial charge is 0.271 e. The summed E-state index contributed by atoms with van der Waals surface area (Å²) in [6.07, 6.45) is 3.09. The maximum atomic E-state index is 12.2. The SMILES string of the molecule is NCc1sc(-c2nccs2)nc1C(=O)NCCCCC(=O)NO. The molecular weight excluding hydrogens is 338 g/mol. The summed E-state index contributed by atoms with van der Waals surface area (Å²) in [4.78, 5) is 32.3. The van der Waals surface area contributed by atoms with Crippen LogP contribution in [0.5, 0.6) is 0 Å². The van der Waals surface area contributed by atoms with Crippen molar-refractivity contribution in [3.63, 3.8) is 0 Å². The van der Waals surface area contributed by atoms with E-state index >= 15 is 0 Å². The van der Waals surface area contributed by atoms with Gasteiger partial charge in [0.25, 0.3) is 5.91 Å². The Labute approximate surface area is 140 Å². The lowest BCUT2D eigenvalue weighted by Crippen LogP contribution is -2.26. The lowest BCUT2D eigenvalue weighted by molar-refractivity contribution is -0.129. The average molecular weight is 355 g/mol. The van der Waals surface area contributed by atoms with Gasteiger partial charge in [-0.1, -0.05) is 0 Å². The Bertz CT molecular complexity index is 657. The maximum absolute atomic E-state index is 12.2. The molecular formula is C13H17N5O3S2. The van der Waals surface area contributed by atoms with E-state index in [1.807, 2.05) is 5.38 Å². The van der Waals surface area contributed by atoms with Gasteiger partial charge in [0.2, 0.25) is 5.91 Å². The van der Waals surface area contributed by atoms with Crippen molar-refractivity contribution < 1.29 is 14.8 Å². The number of amides is 2. The summed E-state index contributed by atoms with van der Waals surface area (Å²) in [5.74, 6) is -0.717. The van der Waals surface area contributed by atoms with Crippen LogP contribution in [0.4, 0.5) is 0 Å². The van der Waals surface area contributed by atoms with Crippen molar-refractivity contribution in [1.82, 2.24) is 20.8 Å². The summed E-state index contributed by atoms with van der Waals surface area (Å²) >= 11 is 2.82. The lowest BCUT2D eigenvalue weighted by Gasteiger charge is -2.04. The van der Waals surface area contributed by atoms with Gasteiger partial charge in [-0.3, -0.25) is 14.8 Å². The molecule has 2 rings (SSSR count). The highest BCUT2D eigenvalue weighted by Crippen LogP contribution is 2.29. The molecule has 0 aliphatic heterocycles. The fraction of sp³-hybridized carbons (Fsp3) is 0.385. The molecule has 0 fully saturated rings. The number of unbranched alkanes of at least 4 members (excludes halogenated alkanes) is 1. The van der Waals surface area contributed by atoms with Crippen LogP contribution in [0.1, 0.15) is 34.6 Å². The summed E-state index contributed by atoms with van der Waals surface area (Å²) in [5.41, 5.74) is 7.58. The summed E-state index contributed by atoms with van der Waals surface area (Å²) in [7, 11) is 0. The first-order chi connectivity index (χ1) is 11.2. The second-order valence-corrected chi connectivity index (χ2v) is 6.56. The highest BCUT2D eigenvalue weighted by atomic mass is 32.1. The number of nitrogens with zero attached hydrogens (tertiary/aromatic N) is 2. The predicted molar refractivity (Wildman–Crippen MR) is 87.2 cm³/mol. The molecule has 0 aliphatic carbocycles. The van der Waals surface area contributed by atoms with Gasteiger partial charge >= 0.3 is 0 Å². The van der Waals surface area contributed by atoms with Crippen LogP contribution < -0.4 is 16.5 Å². The number of rotatable bonds is 8. The minimum atomic E-state index is -0.436. The quantitative estimate of drug-likeness (QED) is 0.319. The summed E-state index contributed by atoms with van der Waals surface area (Å²) in [6, 6.07) is 0. The topological polar surface area (TPSA) is 130 Å². The molecule has 23 heavy (non-hydrogen) atoms. The summed E-state index contributed by atoms with van der Waals surface area (Å²) in [5, 5.41) is 14.4.